The third-order valence-corrected chi connectivity index (χ3v) is 6.68. The van der Waals surface area contributed by atoms with E-state index in [1.807, 2.05) is 49.4 Å². The fourth-order valence-electron chi connectivity index (χ4n) is 4.76. The van der Waals surface area contributed by atoms with Crippen molar-refractivity contribution < 1.29 is 13.9 Å². The number of carbonyl (C=O) groups is 1. The Morgan fingerprint density at radius 2 is 1.47 bits per heavy atom. The van der Waals surface area contributed by atoms with Gasteiger partial charge >= 0.3 is 0 Å². The number of benzene rings is 2. The van der Waals surface area contributed by atoms with E-state index in [-0.39, 0.29) is 23.6 Å². The van der Waals surface area contributed by atoms with Gasteiger partial charge in [0.15, 0.2) is 5.78 Å². The van der Waals surface area contributed by atoms with Gasteiger partial charge in [0, 0.05) is 69.9 Å². The minimum Gasteiger partial charge on any atom is -0.379 e. The Labute approximate surface area is 190 Å². The maximum absolute atomic E-state index is 13.5. The first-order valence-corrected chi connectivity index (χ1v) is 11.7. The predicted octanol–water partition coefficient (Wildman–Crippen LogP) is 3.34. The van der Waals surface area contributed by atoms with Gasteiger partial charge in [-0.1, -0.05) is 49.4 Å². The van der Waals surface area contributed by atoms with Crippen molar-refractivity contribution >= 4 is 5.78 Å². The average molecular weight is 440 g/mol. The molecule has 0 saturated carbocycles. The first-order valence-electron chi connectivity index (χ1n) is 11.7. The van der Waals surface area contributed by atoms with Crippen LogP contribution in [0.15, 0.2) is 54.6 Å². The molecule has 6 heteroatoms. The fourth-order valence-corrected chi connectivity index (χ4v) is 4.76. The van der Waals surface area contributed by atoms with Crippen LogP contribution in [-0.4, -0.2) is 86.1 Å². The topological polar surface area (TPSA) is 36.0 Å². The summed E-state index contributed by atoms with van der Waals surface area (Å²) < 4.78 is 19.0. The molecule has 5 nitrogen and oxygen atoms in total. The number of hydrogen-bond donors (Lipinski definition) is 0. The zero-order valence-corrected chi connectivity index (χ0v) is 19.0. The van der Waals surface area contributed by atoms with Crippen molar-refractivity contribution in [1.82, 2.24) is 14.7 Å². The summed E-state index contributed by atoms with van der Waals surface area (Å²) in [6, 6.07) is 16.8. The van der Waals surface area contributed by atoms with E-state index in [1.165, 1.54) is 0 Å². The standard InChI is InChI=1S/C26H34FN3O2/c1-21(26(31)23-5-3-2-4-6-23)19-28-11-13-29(14-12-28)20-25(30-15-17-32-18-16-30)22-7-9-24(27)10-8-22/h2-10,21,25H,11-20H2,1H3/t21-,25-/m1/s1. The molecular weight excluding hydrogens is 405 g/mol. The Kier molecular flexibility index (Phi) is 8.03. The second-order valence-electron chi connectivity index (χ2n) is 8.95. The molecule has 0 bridgehead atoms. The number of rotatable bonds is 8. The summed E-state index contributed by atoms with van der Waals surface area (Å²) in [5.74, 6) is 0.0169. The molecule has 2 saturated heterocycles. The van der Waals surface area contributed by atoms with Gasteiger partial charge in [0.2, 0.25) is 0 Å². The van der Waals surface area contributed by atoms with Crippen LogP contribution in [0.4, 0.5) is 4.39 Å². The van der Waals surface area contributed by atoms with Crippen molar-refractivity contribution in [2.75, 3.05) is 65.6 Å². The Hall–Kier alpha value is -2.12. The van der Waals surface area contributed by atoms with Crippen LogP contribution in [0.2, 0.25) is 0 Å². The van der Waals surface area contributed by atoms with Gasteiger partial charge in [0.25, 0.3) is 0 Å². The second kappa shape index (κ2) is 11.1. The molecule has 172 valence electrons. The smallest absolute Gasteiger partial charge is 0.166 e. The lowest BCUT2D eigenvalue weighted by atomic mass is 9.98. The van der Waals surface area contributed by atoms with Crippen LogP contribution in [0.1, 0.15) is 28.9 Å². The summed E-state index contributed by atoms with van der Waals surface area (Å²) in [6.07, 6.45) is 0. The van der Waals surface area contributed by atoms with Crippen molar-refractivity contribution in [3.05, 3.63) is 71.5 Å². The van der Waals surface area contributed by atoms with E-state index >= 15 is 0 Å². The SMILES string of the molecule is C[C@H](CN1CCN(C[C@H](c2ccc(F)cc2)N2CCOCC2)CC1)C(=O)c1ccccc1. The Balaban J connectivity index is 1.32. The van der Waals surface area contributed by atoms with Gasteiger partial charge in [0.1, 0.15) is 5.82 Å². The summed E-state index contributed by atoms with van der Waals surface area (Å²) in [5.41, 5.74) is 1.96. The number of ether oxygens (including phenoxy) is 1. The predicted molar refractivity (Wildman–Crippen MR) is 124 cm³/mol. The molecule has 0 unspecified atom stereocenters. The van der Waals surface area contributed by atoms with Crippen molar-refractivity contribution in [2.24, 2.45) is 5.92 Å². The highest BCUT2D eigenvalue weighted by molar-refractivity contribution is 5.97. The molecule has 2 aromatic carbocycles. The largest absolute Gasteiger partial charge is 0.379 e. The summed E-state index contributed by atoms with van der Waals surface area (Å²) in [7, 11) is 0. The number of ketones is 1. The Morgan fingerprint density at radius 1 is 0.875 bits per heavy atom. The lowest BCUT2D eigenvalue weighted by Gasteiger charge is -2.41. The third kappa shape index (κ3) is 6.01. The van der Waals surface area contributed by atoms with Crippen LogP contribution >= 0.6 is 0 Å². The van der Waals surface area contributed by atoms with Gasteiger partial charge in [0.05, 0.1) is 13.2 Å². The first kappa shape index (κ1) is 23.1. The molecule has 0 spiro atoms. The number of piperazine rings is 1. The molecular formula is C26H34FN3O2. The monoisotopic (exact) mass is 439 g/mol. The fraction of sp³-hybridized carbons (Fsp3) is 0.500. The van der Waals surface area contributed by atoms with Crippen molar-refractivity contribution in [3.8, 4) is 0 Å². The van der Waals surface area contributed by atoms with E-state index in [1.54, 1.807) is 12.1 Å². The highest BCUT2D eigenvalue weighted by Crippen LogP contribution is 2.24. The summed E-state index contributed by atoms with van der Waals surface area (Å²) in [4.78, 5) is 20.1. The van der Waals surface area contributed by atoms with Gasteiger partial charge in [-0.15, -0.1) is 0 Å². The number of carbonyl (C=O) groups excluding carboxylic acids is 1. The van der Waals surface area contributed by atoms with E-state index < -0.39 is 0 Å². The van der Waals surface area contributed by atoms with Gasteiger partial charge < -0.3 is 9.64 Å². The van der Waals surface area contributed by atoms with E-state index in [2.05, 4.69) is 14.7 Å². The highest BCUT2D eigenvalue weighted by Gasteiger charge is 2.28. The molecule has 2 fully saturated rings. The molecule has 0 aromatic heterocycles. The van der Waals surface area contributed by atoms with Crippen molar-refractivity contribution in [1.29, 1.82) is 0 Å². The molecule has 32 heavy (non-hydrogen) atoms. The van der Waals surface area contributed by atoms with Crippen LogP contribution < -0.4 is 0 Å². The number of hydrogen-bond acceptors (Lipinski definition) is 5. The lowest BCUT2D eigenvalue weighted by molar-refractivity contribution is 0.00272. The molecule has 2 aliphatic heterocycles. The summed E-state index contributed by atoms with van der Waals surface area (Å²) in [6.45, 7) is 11.0. The molecule has 2 heterocycles. The third-order valence-electron chi connectivity index (χ3n) is 6.68. The Morgan fingerprint density at radius 3 is 2.09 bits per heavy atom. The second-order valence-corrected chi connectivity index (χ2v) is 8.95. The highest BCUT2D eigenvalue weighted by atomic mass is 19.1. The maximum Gasteiger partial charge on any atom is 0.166 e. The molecule has 0 aliphatic carbocycles. The molecule has 2 aliphatic rings. The molecule has 2 aromatic rings. The van der Waals surface area contributed by atoms with Crippen LogP contribution in [0.25, 0.3) is 0 Å². The summed E-state index contributed by atoms with van der Waals surface area (Å²) >= 11 is 0. The van der Waals surface area contributed by atoms with Gasteiger partial charge in [-0.2, -0.15) is 0 Å². The molecule has 0 radical (unpaired) electrons. The molecule has 0 N–H and O–H groups in total. The first-order chi connectivity index (χ1) is 15.6. The number of nitrogens with zero attached hydrogens (tertiary/aromatic N) is 3. The van der Waals surface area contributed by atoms with Gasteiger partial charge in [-0.25, -0.2) is 4.39 Å². The zero-order valence-electron chi connectivity index (χ0n) is 19.0. The van der Waals surface area contributed by atoms with Gasteiger partial charge in [-0.3, -0.25) is 14.6 Å². The molecule has 0 amide bonds. The van der Waals surface area contributed by atoms with Crippen molar-refractivity contribution in [2.45, 2.75) is 13.0 Å². The normalized spacial score (nSPS) is 20.7. The van der Waals surface area contributed by atoms with Crippen LogP contribution in [0.3, 0.4) is 0 Å². The van der Waals surface area contributed by atoms with E-state index in [0.717, 1.165) is 76.7 Å². The number of halogens is 1. The van der Waals surface area contributed by atoms with E-state index in [0.29, 0.717) is 0 Å². The van der Waals surface area contributed by atoms with E-state index in [9.17, 15) is 9.18 Å². The maximum atomic E-state index is 13.5. The number of morpholine rings is 1. The van der Waals surface area contributed by atoms with E-state index in [4.69, 9.17) is 4.74 Å². The minimum atomic E-state index is -0.192. The summed E-state index contributed by atoms with van der Waals surface area (Å²) in [5, 5.41) is 0. The van der Waals surface area contributed by atoms with Crippen LogP contribution in [0, 0.1) is 11.7 Å². The Bertz CT molecular complexity index is 847. The molecule has 2 atom stereocenters. The molecule has 4 rings (SSSR count). The quantitative estimate of drug-likeness (QED) is 0.590. The number of Topliss-reactive ketones (excluding diaryl/α,β-unsaturated/α-hetero) is 1. The van der Waals surface area contributed by atoms with Crippen molar-refractivity contribution in [3.63, 3.8) is 0 Å². The minimum absolute atomic E-state index is 0.00994. The average Bonchev–Trinajstić information content (AvgIpc) is 2.85. The van der Waals surface area contributed by atoms with Gasteiger partial charge in [-0.05, 0) is 17.7 Å². The van der Waals surface area contributed by atoms with Crippen LogP contribution in [0.5, 0.6) is 0 Å². The zero-order chi connectivity index (χ0) is 22.3. The lowest BCUT2D eigenvalue weighted by Crippen LogP contribution is -2.51. The van der Waals surface area contributed by atoms with Crippen LogP contribution in [-0.2, 0) is 4.74 Å².